The topological polar surface area (TPSA) is 46.2 Å². The van der Waals surface area contributed by atoms with Crippen LogP contribution >= 0.6 is 0 Å². The van der Waals surface area contributed by atoms with Gasteiger partial charge >= 0.3 is 0 Å². The van der Waals surface area contributed by atoms with E-state index in [2.05, 4.69) is 0 Å². The largest absolute Gasteiger partial charge is 0.508 e. The highest BCUT2D eigenvalue weighted by Crippen LogP contribution is 2.58. The van der Waals surface area contributed by atoms with Crippen LogP contribution in [0.15, 0.2) is 24.3 Å². The molecule has 2 aliphatic carbocycles. The van der Waals surface area contributed by atoms with Crippen molar-refractivity contribution >= 4 is 0 Å². The fourth-order valence-corrected chi connectivity index (χ4v) is 2.83. The molecule has 2 heteroatoms. The number of rotatable bonds is 2. The number of nitrogens with two attached hydrogens (primary N) is 1. The summed E-state index contributed by atoms with van der Waals surface area (Å²) in [5.41, 5.74) is 7.78. The van der Waals surface area contributed by atoms with Gasteiger partial charge in [-0.1, -0.05) is 18.6 Å². The van der Waals surface area contributed by atoms with Crippen molar-refractivity contribution in [1.29, 1.82) is 0 Å². The normalized spacial score (nSPS) is 34.9. The molecular formula is C13H17NO. The second-order valence-electron chi connectivity index (χ2n) is 5.09. The minimum absolute atomic E-state index is 0.0786. The van der Waals surface area contributed by atoms with Crippen molar-refractivity contribution in [2.24, 2.45) is 11.7 Å². The van der Waals surface area contributed by atoms with Crippen LogP contribution in [0.25, 0.3) is 0 Å². The van der Waals surface area contributed by atoms with E-state index in [1.165, 1.54) is 24.8 Å². The smallest absolute Gasteiger partial charge is 0.115 e. The van der Waals surface area contributed by atoms with Gasteiger partial charge in [0.1, 0.15) is 5.75 Å². The van der Waals surface area contributed by atoms with Gasteiger partial charge in [0, 0.05) is 11.5 Å². The number of phenolic OH excluding ortho intramolecular Hbond substituents is 1. The highest BCUT2D eigenvalue weighted by atomic mass is 16.3. The molecule has 2 unspecified atom stereocenters. The van der Waals surface area contributed by atoms with Gasteiger partial charge in [-0.05, 0) is 42.9 Å². The van der Waals surface area contributed by atoms with Crippen LogP contribution in [0.4, 0.5) is 0 Å². The molecule has 0 aliphatic heterocycles. The Morgan fingerprint density at radius 2 is 1.87 bits per heavy atom. The van der Waals surface area contributed by atoms with E-state index in [0.717, 1.165) is 12.3 Å². The first kappa shape index (κ1) is 9.22. The van der Waals surface area contributed by atoms with Gasteiger partial charge in [-0.25, -0.2) is 0 Å². The molecule has 2 atom stereocenters. The summed E-state index contributed by atoms with van der Waals surface area (Å²) in [5, 5.41) is 9.22. The summed E-state index contributed by atoms with van der Waals surface area (Å²) in [6, 6.07) is 7.53. The zero-order valence-electron chi connectivity index (χ0n) is 8.82. The molecule has 0 bridgehead atoms. The van der Waals surface area contributed by atoms with Gasteiger partial charge in [0.15, 0.2) is 0 Å². The molecule has 2 aliphatic rings. The summed E-state index contributed by atoms with van der Waals surface area (Å²) in [6.07, 6.45) is 5.10. The van der Waals surface area contributed by atoms with E-state index in [1.54, 1.807) is 12.1 Å². The van der Waals surface area contributed by atoms with Crippen molar-refractivity contribution in [2.75, 3.05) is 0 Å². The van der Waals surface area contributed by atoms with E-state index in [4.69, 9.17) is 5.73 Å². The minimum atomic E-state index is 0.0786. The van der Waals surface area contributed by atoms with Crippen LogP contribution in [0.2, 0.25) is 0 Å². The van der Waals surface area contributed by atoms with Gasteiger partial charge in [-0.2, -0.15) is 0 Å². The number of benzene rings is 1. The zero-order chi connectivity index (χ0) is 10.5. The molecule has 2 fully saturated rings. The molecule has 0 heterocycles. The van der Waals surface area contributed by atoms with Gasteiger partial charge in [-0.3, -0.25) is 0 Å². The summed E-state index contributed by atoms with van der Waals surface area (Å²) in [4.78, 5) is 0. The molecule has 0 radical (unpaired) electrons. The average molecular weight is 203 g/mol. The summed E-state index contributed by atoms with van der Waals surface area (Å²) in [7, 11) is 0. The standard InChI is InChI=1S/C13H17NO/c14-13(10-2-1-3-10)8-12(13)9-4-6-11(15)7-5-9/h4-7,10,12,15H,1-3,8,14H2. The highest BCUT2D eigenvalue weighted by Gasteiger charge is 2.57. The lowest BCUT2D eigenvalue weighted by atomic mass is 9.77. The molecule has 2 saturated carbocycles. The van der Waals surface area contributed by atoms with Gasteiger partial charge in [-0.15, -0.1) is 0 Å². The average Bonchev–Trinajstić information content (AvgIpc) is 2.76. The Morgan fingerprint density at radius 1 is 1.20 bits per heavy atom. The Labute approximate surface area is 90.1 Å². The summed E-state index contributed by atoms with van der Waals surface area (Å²) in [6.45, 7) is 0. The summed E-state index contributed by atoms with van der Waals surface area (Å²) >= 11 is 0. The van der Waals surface area contributed by atoms with Crippen LogP contribution in [0, 0.1) is 5.92 Å². The number of phenols is 1. The summed E-state index contributed by atoms with van der Waals surface area (Å²) in [5.74, 6) is 1.62. The first-order valence-electron chi connectivity index (χ1n) is 5.78. The fraction of sp³-hybridized carbons (Fsp3) is 0.538. The molecular weight excluding hydrogens is 186 g/mol. The molecule has 2 nitrogen and oxygen atoms in total. The zero-order valence-corrected chi connectivity index (χ0v) is 8.82. The van der Waals surface area contributed by atoms with E-state index >= 15 is 0 Å². The molecule has 1 aromatic carbocycles. The Bertz CT molecular complexity index is 369. The Balaban J connectivity index is 1.77. The van der Waals surface area contributed by atoms with Crippen LogP contribution < -0.4 is 5.73 Å². The first-order valence-corrected chi connectivity index (χ1v) is 5.78. The second kappa shape index (κ2) is 2.99. The Morgan fingerprint density at radius 3 is 2.40 bits per heavy atom. The van der Waals surface area contributed by atoms with E-state index < -0.39 is 0 Å². The third-order valence-electron chi connectivity index (χ3n) is 4.21. The summed E-state index contributed by atoms with van der Waals surface area (Å²) < 4.78 is 0. The van der Waals surface area contributed by atoms with E-state index in [0.29, 0.717) is 11.7 Å². The van der Waals surface area contributed by atoms with Crippen molar-refractivity contribution in [1.82, 2.24) is 0 Å². The van der Waals surface area contributed by atoms with E-state index in [-0.39, 0.29) is 5.54 Å². The fourth-order valence-electron chi connectivity index (χ4n) is 2.83. The minimum Gasteiger partial charge on any atom is -0.508 e. The lowest BCUT2D eigenvalue weighted by Crippen LogP contribution is -2.38. The second-order valence-corrected chi connectivity index (χ2v) is 5.09. The third-order valence-corrected chi connectivity index (χ3v) is 4.21. The van der Waals surface area contributed by atoms with Crippen LogP contribution in [0.1, 0.15) is 37.2 Å². The molecule has 0 saturated heterocycles. The van der Waals surface area contributed by atoms with E-state index in [1.807, 2.05) is 12.1 Å². The lowest BCUT2D eigenvalue weighted by Gasteiger charge is -2.32. The quantitative estimate of drug-likeness (QED) is 0.775. The van der Waals surface area contributed by atoms with Crippen molar-refractivity contribution in [3.05, 3.63) is 29.8 Å². The van der Waals surface area contributed by atoms with Crippen LogP contribution in [0.3, 0.4) is 0 Å². The Hall–Kier alpha value is -1.02. The predicted molar refractivity (Wildman–Crippen MR) is 59.7 cm³/mol. The monoisotopic (exact) mass is 203 g/mol. The molecule has 15 heavy (non-hydrogen) atoms. The van der Waals surface area contributed by atoms with Gasteiger partial charge in [0.25, 0.3) is 0 Å². The molecule has 80 valence electrons. The number of hydrogen-bond donors (Lipinski definition) is 2. The molecule has 3 N–H and O–H groups in total. The molecule has 3 rings (SSSR count). The van der Waals surface area contributed by atoms with Gasteiger partial charge in [0.2, 0.25) is 0 Å². The third kappa shape index (κ3) is 1.36. The van der Waals surface area contributed by atoms with Crippen molar-refractivity contribution < 1.29 is 5.11 Å². The maximum absolute atomic E-state index is 9.22. The molecule has 1 aromatic rings. The SMILES string of the molecule is NC1(C2CCC2)CC1c1ccc(O)cc1. The first-order chi connectivity index (χ1) is 7.20. The predicted octanol–water partition coefficient (Wildman–Crippen LogP) is 2.38. The van der Waals surface area contributed by atoms with Gasteiger partial charge in [0.05, 0.1) is 0 Å². The van der Waals surface area contributed by atoms with Crippen LogP contribution in [-0.4, -0.2) is 10.6 Å². The lowest BCUT2D eigenvalue weighted by molar-refractivity contribution is 0.242. The van der Waals surface area contributed by atoms with Crippen LogP contribution in [-0.2, 0) is 0 Å². The molecule has 0 aromatic heterocycles. The van der Waals surface area contributed by atoms with Crippen molar-refractivity contribution in [3.63, 3.8) is 0 Å². The van der Waals surface area contributed by atoms with Crippen molar-refractivity contribution in [2.45, 2.75) is 37.1 Å². The van der Waals surface area contributed by atoms with E-state index in [9.17, 15) is 5.11 Å². The maximum Gasteiger partial charge on any atom is 0.115 e. The highest BCUT2D eigenvalue weighted by molar-refractivity contribution is 5.37. The Kier molecular flexibility index (Phi) is 1.84. The van der Waals surface area contributed by atoms with Crippen LogP contribution in [0.5, 0.6) is 5.75 Å². The number of hydrogen-bond acceptors (Lipinski definition) is 2. The molecule has 0 amide bonds. The van der Waals surface area contributed by atoms with Gasteiger partial charge < -0.3 is 10.8 Å². The maximum atomic E-state index is 9.22. The molecule has 0 spiro atoms. The van der Waals surface area contributed by atoms with Crippen molar-refractivity contribution in [3.8, 4) is 5.75 Å². The number of aromatic hydroxyl groups is 1.